The van der Waals surface area contributed by atoms with Gasteiger partial charge in [-0.05, 0) is 50.6 Å². The molecule has 54 heavy (non-hydrogen) atoms. The molecule has 0 atom stereocenters. The molecule has 0 aliphatic carbocycles. The van der Waals surface area contributed by atoms with E-state index in [9.17, 15) is 19.2 Å². The van der Waals surface area contributed by atoms with Crippen LogP contribution in [-0.4, -0.2) is 15.0 Å². The lowest BCUT2D eigenvalue weighted by Gasteiger charge is -2.13. The fraction of sp³-hybridized carbons (Fsp3) is 0. The largest absolute Gasteiger partial charge is 0.288 e. The molecule has 8 aromatic carbocycles. The molecule has 0 aliphatic rings. The van der Waals surface area contributed by atoms with Gasteiger partial charge in [0, 0.05) is 21.5 Å². The molecule has 0 unspecified atom stereocenters. The average Bonchev–Trinajstić information content (AvgIpc) is 3.24. The van der Waals surface area contributed by atoms with E-state index in [0.717, 1.165) is 22.3 Å². The van der Waals surface area contributed by atoms with Crippen molar-refractivity contribution in [3.8, 4) is 44.5 Å². The van der Waals surface area contributed by atoms with Crippen molar-refractivity contribution in [1.29, 1.82) is 0 Å². The van der Waals surface area contributed by atoms with Gasteiger partial charge in [-0.3, -0.25) is 19.2 Å². The highest BCUT2D eigenvalue weighted by molar-refractivity contribution is 6.12. The van der Waals surface area contributed by atoms with Crippen molar-refractivity contribution in [2.45, 2.75) is 0 Å². The molecule has 0 saturated heterocycles. The highest BCUT2D eigenvalue weighted by Gasteiger charge is 2.24. The van der Waals surface area contributed by atoms with E-state index in [1.165, 1.54) is 6.07 Å². The molecule has 10 aromatic rings. The molecule has 252 valence electrons. The molecule has 2 aromatic heterocycles. The highest BCUT2D eigenvalue weighted by atomic mass is 16.1. The molecule has 10 rings (SSSR count). The van der Waals surface area contributed by atoms with Crippen molar-refractivity contribution >= 4 is 54.6 Å². The van der Waals surface area contributed by atoms with E-state index in [1.54, 1.807) is 0 Å². The fourth-order valence-electron chi connectivity index (χ4n) is 7.72. The Bertz CT molecular complexity index is 2930. The maximum Gasteiger partial charge on any atom is 0.215 e. The van der Waals surface area contributed by atoms with E-state index < -0.39 is 21.7 Å². The number of pyridine rings is 1. The van der Waals surface area contributed by atoms with Crippen LogP contribution in [0.4, 0.5) is 0 Å². The lowest BCUT2D eigenvalue weighted by atomic mass is 9.90. The van der Waals surface area contributed by atoms with Gasteiger partial charge in [0.1, 0.15) is 22.1 Å². The Morgan fingerprint density at radius 1 is 0.315 bits per heavy atom. The normalized spacial score (nSPS) is 11.6. The van der Waals surface area contributed by atoms with Gasteiger partial charge >= 0.3 is 0 Å². The van der Waals surface area contributed by atoms with E-state index in [4.69, 9.17) is 4.98 Å². The van der Waals surface area contributed by atoms with Crippen LogP contribution in [0.5, 0.6) is 0 Å². The molecule has 0 N–H and O–H groups in total. The van der Waals surface area contributed by atoms with Crippen molar-refractivity contribution in [3.63, 3.8) is 0 Å². The summed E-state index contributed by atoms with van der Waals surface area (Å²) in [5.41, 5.74) is 3.50. The van der Waals surface area contributed by atoms with Gasteiger partial charge in [-0.1, -0.05) is 146 Å². The summed E-state index contributed by atoms with van der Waals surface area (Å²) in [6, 6.07) is 46.6. The third kappa shape index (κ3) is 4.65. The first-order valence-electron chi connectivity index (χ1n) is 17.4. The fourth-order valence-corrected chi connectivity index (χ4v) is 7.72. The zero-order valence-corrected chi connectivity index (χ0v) is 28.4. The topological polar surface area (TPSA) is 107 Å². The Morgan fingerprint density at radius 3 is 1.02 bits per heavy atom. The van der Waals surface area contributed by atoms with Gasteiger partial charge in [-0.2, -0.15) is 0 Å². The van der Waals surface area contributed by atoms with Gasteiger partial charge < -0.3 is 0 Å². The number of aromatic nitrogens is 3. The minimum atomic E-state index is -0.475. The van der Waals surface area contributed by atoms with Gasteiger partial charge in [0.15, 0.2) is 11.1 Å². The summed E-state index contributed by atoms with van der Waals surface area (Å²) in [4.78, 5) is 72.5. The standard InChI is InChI=1S/C47H25N3O4/c51-43-34-25-35-47(49-40(34)44(52)37-31(27-15-7-2-8-16-27)22-21-30(36(37)43)26-13-5-1-6-14-26)50-42-41(48-35)45(53)38-32(28-17-9-3-10-18-28)23-24-33(39(38)46(42)54)29-19-11-4-12-20-29/h1-25H. The Labute approximate surface area is 305 Å². The third-order valence-corrected chi connectivity index (χ3v) is 10.2. The maximum absolute atomic E-state index is 14.7. The zero-order chi connectivity index (χ0) is 36.5. The zero-order valence-electron chi connectivity index (χ0n) is 28.4. The smallest absolute Gasteiger partial charge is 0.215 e. The lowest BCUT2D eigenvalue weighted by Crippen LogP contribution is -2.19. The van der Waals surface area contributed by atoms with E-state index in [-0.39, 0.29) is 54.6 Å². The SMILES string of the molecule is O=c1c2cc3nc4c(=O)c5c(-c6ccccc6)ccc(-c6ccccc6)c5c(=O)c4nc3nc2c(=O)c2c(-c3ccccc3)ccc(-c3ccccc3)c12. The van der Waals surface area contributed by atoms with Gasteiger partial charge in [0.25, 0.3) is 0 Å². The summed E-state index contributed by atoms with van der Waals surface area (Å²) >= 11 is 0. The second-order valence-electron chi connectivity index (χ2n) is 13.3. The first kappa shape index (κ1) is 31.2. The van der Waals surface area contributed by atoms with Crippen molar-refractivity contribution in [2.75, 3.05) is 0 Å². The van der Waals surface area contributed by atoms with E-state index in [1.807, 2.05) is 146 Å². The van der Waals surface area contributed by atoms with Crippen LogP contribution in [0, 0.1) is 0 Å². The summed E-state index contributed by atoms with van der Waals surface area (Å²) in [5, 5.41) is 1.05. The van der Waals surface area contributed by atoms with E-state index >= 15 is 0 Å². The van der Waals surface area contributed by atoms with Crippen LogP contribution < -0.4 is 21.7 Å². The van der Waals surface area contributed by atoms with Crippen molar-refractivity contribution in [1.82, 2.24) is 15.0 Å². The number of hydrogen-bond donors (Lipinski definition) is 0. The minimum absolute atomic E-state index is 0.0114. The summed E-state index contributed by atoms with van der Waals surface area (Å²) in [6.07, 6.45) is 0. The average molecular weight is 696 g/mol. The molecule has 0 saturated carbocycles. The highest BCUT2D eigenvalue weighted by Crippen LogP contribution is 2.35. The van der Waals surface area contributed by atoms with Crippen LogP contribution in [0.2, 0.25) is 0 Å². The van der Waals surface area contributed by atoms with Crippen LogP contribution in [0.25, 0.3) is 99.2 Å². The number of nitrogens with zero attached hydrogens (tertiary/aromatic N) is 3. The second kappa shape index (κ2) is 12.0. The van der Waals surface area contributed by atoms with Crippen LogP contribution in [0.15, 0.2) is 171 Å². The Kier molecular flexibility index (Phi) is 6.96. The molecule has 7 heteroatoms. The predicted octanol–water partition coefficient (Wildman–Crippen LogP) is 8.62. The Balaban J connectivity index is 1.33. The van der Waals surface area contributed by atoms with Crippen molar-refractivity contribution in [3.05, 3.63) is 193 Å². The Morgan fingerprint density at radius 2 is 0.630 bits per heavy atom. The quantitative estimate of drug-likeness (QED) is 0.170. The van der Waals surface area contributed by atoms with Crippen LogP contribution in [0.3, 0.4) is 0 Å². The molecule has 0 bridgehead atoms. The van der Waals surface area contributed by atoms with Crippen molar-refractivity contribution < 1.29 is 0 Å². The molecule has 7 nitrogen and oxygen atoms in total. The third-order valence-electron chi connectivity index (χ3n) is 10.2. The van der Waals surface area contributed by atoms with Crippen molar-refractivity contribution in [2.24, 2.45) is 0 Å². The van der Waals surface area contributed by atoms with Crippen LogP contribution in [0.1, 0.15) is 0 Å². The summed E-state index contributed by atoms with van der Waals surface area (Å²) in [6.45, 7) is 0. The first-order valence-corrected chi connectivity index (χ1v) is 17.4. The number of rotatable bonds is 4. The Hall–Kier alpha value is -7.51. The predicted molar refractivity (Wildman–Crippen MR) is 217 cm³/mol. The van der Waals surface area contributed by atoms with Gasteiger partial charge in [-0.15, -0.1) is 0 Å². The minimum Gasteiger partial charge on any atom is -0.288 e. The first-order chi connectivity index (χ1) is 26.5. The molecule has 0 radical (unpaired) electrons. The lowest BCUT2D eigenvalue weighted by molar-refractivity contribution is 1.31. The van der Waals surface area contributed by atoms with Crippen LogP contribution >= 0.6 is 0 Å². The summed E-state index contributed by atoms with van der Waals surface area (Å²) in [5.74, 6) is 0. The molecule has 0 aliphatic heterocycles. The molecule has 0 spiro atoms. The van der Waals surface area contributed by atoms with E-state index in [0.29, 0.717) is 22.3 Å². The van der Waals surface area contributed by atoms with Gasteiger partial charge in [-0.25, -0.2) is 15.0 Å². The van der Waals surface area contributed by atoms with Gasteiger partial charge in [0.05, 0.1) is 5.39 Å². The number of hydrogen-bond acceptors (Lipinski definition) is 7. The molecule has 2 heterocycles. The number of fused-ring (bicyclic) bond motifs is 5. The molecular weight excluding hydrogens is 671 g/mol. The summed E-state index contributed by atoms with van der Waals surface area (Å²) in [7, 11) is 0. The molecule has 0 amide bonds. The molecule has 0 fully saturated rings. The van der Waals surface area contributed by atoms with Crippen LogP contribution in [-0.2, 0) is 0 Å². The summed E-state index contributed by atoms with van der Waals surface area (Å²) < 4.78 is 0. The molecular formula is C47H25N3O4. The maximum atomic E-state index is 14.7. The monoisotopic (exact) mass is 695 g/mol. The van der Waals surface area contributed by atoms with Gasteiger partial charge in [0.2, 0.25) is 16.3 Å². The number of benzene rings is 8. The second-order valence-corrected chi connectivity index (χ2v) is 13.3. The van der Waals surface area contributed by atoms with E-state index in [2.05, 4.69) is 9.97 Å².